The Morgan fingerprint density at radius 3 is 1.07 bits per heavy atom. The summed E-state index contributed by atoms with van der Waals surface area (Å²) >= 11 is -0.168. The van der Waals surface area contributed by atoms with E-state index in [4.69, 9.17) is 13.0 Å². The molecule has 0 radical (unpaired) electrons. The maximum absolute atomic E-state index is 10.7. The summed E-state index contributed by atoms with van der Waals surface area (Å²) in [4.78, 5) is 0. The zero-order valence-corrected chi connectivity index (χ0v) is 31.7. The van der Waals surface area contributed by atoms with Crippen LogP contribution in [0.25, 0.3) is 0 Å². The maximum atomic E-state index is 10.7. The molecule has 0 atom stereocenters. The lowest BCUT2D eigenvalue weighted by molar-refractivity contribution is -0.599. The van der Waals surface area contributed by atoms with Gasteiger partial charge >= 0.3 is 26.7 Å². The van der Waals surface area contributed by atoms with Gasteiger partial charge in [0.1, 0.15) is 0 Å². The number of hydrogen-bond acceptors (Lipinski definition) is 3. The van der Waals surface area contributed by atoms with Gasteiger partial charge in [-0.1, -0.05) is 92.2 Å². The van der Waals surface area contributed by atoms with Gasteiger partial charge in [-0.2, -0.15) is 13.2 Å². The SMILES string of the molecule is CCCCc1ccc([I+]c2ccc(CCCC)c(CCCC)c2CCCC)c(CCCC)c1CCCC.O=S(=O)([O-])C(F)(F)F. The molecule has 0 aliphatic rings. The molecule has 0 fully saturated rings. The van der Waals surface area contributed by atoms with Gasteiger partial charge in [-0.3, -0.25) is 0 Å². The number of benzene rings is 2. The van der Waals surface area contributed by atoms with Crippen molar-refractivity contribution < 1.29 is 47.3 Å². The van der Waals surface area contributed by atoms with Crippen LogP contribution in [-0.2, 0) is 48.6 Å². The minimum Gasteiger partial charge on any atom is -0.741 e. The lowest BCUT2D eigenvalue weighted by atomic mass is 9.91. The molecule has 0 aliphatic carbocycles. The Labute approximate surface area is 283 Å². The molecule has 2 aromatic carbocycles. The quantitative estimate of drug-likeness (QED) is 0.0783. The van der Waals surface area contributed by atoms with E-state index in [1.54, 1.807) is 40.5 Å². The Morgan fingerprint density at radius 2 is 0.800 bits per heavy atom. The Kier molecular flexibility index (Phi) is 20.9. The number of hydrogen-bond donors (Lipinski definition) is 0. The van der Waals surface area contributed by atoms with E-state index in [0.29, 0.717) is 0 Å². The van der Waals surface area contributed by atoms with E-state index in [0.717, 1.165) is 0 Å². The zero-order valence-electron chi connectivity index (χ0n) is 28.7. The molecule has 3 nitrogen and oxygen atoms in total. The van der Waals surface area contributed by atoms with Crippen LogP contribution in [0, 0.1) is 7.14 Å². The fraction of sp³-hybridized carbons (Fsp3) is 0.676. The smallest absolute Gasteiger partial charge is 0.485 e. The third-order valence-corrected chi connectivity index (χ3v) is 11.9. The first-order valence-electron chi connectivity index (χ1n) is 17.3. The number of rotatable bonds is 20. The molecule has 45 heavy (non-hydrogen) atoms. The van der Waals surface area contributed by atoms with Crippen molar-refractivity contribution in [3.8, 4) is 0 Å². The minimum absolute atomic E-state index is 0.168. The highest BCUT2D eigenvalue weighted by atomic mass is 127. The second-order valence-electron chi connectivity index (χ2n) is 11.9. The lowest BCUT2D eigenvalue weighted by Gasteiger charge is -2.17. The summed E-state index contributed by atoms with van der Waals surface area (Å²) in [6, 6.07) is 10.3. The highest BCUT2D eigenvalue weighted by Crippen LogP contribution is 2.24. The fourth-order valence-electron chi connectivity index (χ4n) is 5.49. The molecule has 0 saturated heterocycles. The summed E-state index contributed by atoms with van der Waals surface area (Å²) in [7, 11) is -6.09. The van der Waals surface area contributed by atoms with E-state index in [9.17, 15) is 13.2 Å². The summed E-state index contributed by atoms with van der Waals surface area (Å²) in [5, 5.41) is 0. The summed E-state index contributed by atoms with van der Waals surface area (Å²) in [5.41, 5.74) is 4.72. The van der Waals surface area contributed by atoms with Gasteiger partial charge in [0, 0.05) is 11.1 Å². The molecular weight excluding hydrogens is 708 g/mol. The van der Waals surface area contributed by atoms with Gasteiger partial charge in [-0.15, -0.1) is 0 Å². The van der Waals surface area contributed by atoms with E-state index in [-0.39, 0.29) is 21.2 Å². The van der Waals surface area contributed by atoms with Crippen LogP contribution in [0.15, 0.2) is 24.3 Å². The molecule has 0 saturated carbocycles. The molecule has 0 aliphatic heterocycles. The molecule has 0 bridgehead atoms. The van der Waals surface area contributed by atoms with Crippen molar-refractivity contribution in [2.45, 2.75) is 163 Å². The summed E-state index contributed by atoms with van der Waals surface area (Å²) in [6.07, 6.45) is 23.4. The molecule has 0 N–H and O–H groups in total. The molecule has 2 rings (SSSR count). The number of halogens is 4. The second kappa shape index (κ2) is 22.4. The average Bonchev–Trinajstić information content (AvgIpc) is 2.99. The number of alkyl halides is 3. The van der Waals surface area contributed by atoms with Crippen molar-refractivity contribution in [3.63, 3.8) is 0 Å². The summed E-state index contributed by atoms with van der Waals surface area (Å²) in [5.74, 6) is 0. The first-order chi connectivity index (χ1) is 21.4. The van der Waals surface area contributed by atoms with Crippen LogP contribution < -0.4 is 21.2 Å². The van der Waals surface area contributed by atoms with Crippen molar-refractivity contribution in [1.29, 1.82) is 0 Å². The van der Waals surface area contributed by atoms with Crippen LogP contribution in [0.5, 0.6) is 0 Å². The standard InChI is InChI=1S/C36H58I.CHF3O3S/c1-7-13-19-29-25-27-35(33(23-17-11-5)31(29)21-15-9-3)37-36-28-26-30(20-14-8-2)32(22-16-10-4)34(36)24-18-12-6;2-1(3,4)8(5,6)7/h25-28H,7-24H2,1-6H3;(H,5,6,7)/q+1;/p-1. The molecule has 8 heteroatoms. The summed E-state index contributed by atoms with van der Waals surface area (Å²) < 4.78 is 62.4. The van der Waals surface area contributed by atoms with Crippen LogP contribution in [-0.4, -0.2) is 18.5 Å². The Bertz CT molecular complexity index is 1150. The largest absolute Gasteiger partial charge is 0.741 e. The van der Waals surface area contributed by atoms with Crippen LogP contribution in [0.1, 0.15) is 152 Å². The molecule has 0 amide bonds. The van der Waals surface area contributed by atoms with Crippen LogP contribution in [0.4, 0.5) is 13.2 Å². The van der Waals surface area contributed by atoms with Crippen LogP contribution >= 0.6 is 0 Å². The average molecular weight is 767 g/mol. The van der Waals surface area contributed by atoms with Crippen LogP contribution in [0.3, 0.4) is 0 Å². The first kappa shape index (κ1) is 41.9. The topological polar surface area (TPSA) is 57.2 Å². The van der Waals surface area contributed by atoms with Gasteiger partial charge in [-0.05, 0) is 111 Å². The van der Waals surface area contributed by atoms with Crippen molar-refractivity contribution in [2.75, 3.05) is 0 Å². The third kappa shape index (κ3) is 14.7. The van der Waals surface area contributed by atoms with E-state index >= 15 is 0 Å². The molecule has 258 valence electrons. The van der Waals surface area contributed by atoms with Gasteiger partial charge in [0.05, 0.1) is 0 Å². The van der Waals surface area contributed by atoms with Gasteiger partial charge in [0.25, 0.3) is 0 Å². The Balaban J connectivity index is 0.00000111. The zero-order chi connectivity index (χ0) is 33.9. The van der Waals surface area contributed by atoms with Crippen molar-refractivity contribution in [3.05, 3.63) is 64.8 Å². The van der Waals surface area contributed by atoms with Crippen molar-refractivity contribution in [1.82, 2.24) is 0 Å². The van der Waals surface area contributed by atoms with Gasteiger partial charge < -0.3 is 4.55 Å². The lowest BCUT2D eigenvalue weighted by Crippen LogP contribution is -3.62. The normalized spacial score (nSPS) is 11.9. The van der Waals surface area contributed by atoms with Crippen LogP contribution in [0.2, 0.25) is 0 Å². The molecule has 0 aromatic heterocycles. The van der Waals surface area contributed by atoms with E-state index in [1.807, 2.05) is 0 Å². The third-order valence-electron chi connectivity index (χ3n) is 8.15. The molecule has 2 aromatic rings. The fourth-order valence-corrected chi connectivity index (χ4v) is 8.68. The predicted molar refractivity (Wildman–Crippen MR) is 178 cm³/mol. The Morgan fingerprint density at radius 1 is 0.533 bits per heavy atom. The molecule has 0 unspecified atom stereocenters. The maximum Gasteiger partial charge on any atom is 0.485 e. The number of aryl methyl sites for hydroxylation is 2. The van der Waals surface area contributed by atoms with E-state index < -0.39 is 15.6 Å². The highest BCUT2D eigenvalue weighted by molar-refractivity contribution is 7.86. The monoisotopic (exact) mass is 766 g/mol. The van der Waals surface area contributed by atoms with E-state index in [2.05, 4.69) is 65.8 Å². The van der Waals surface area contributed by atoms with Crippen molar-refractivity contribution >= 4 is 10.1 Å². The molecule has 0 heterocycles. The van der Waals surface area contributed by atoms with Gasteiger partial charge in [0.2, 0.25) is 0 Å². The minimum atomic E-state index is -6.09. The molecule has 0 spiro atoms. The summed E-state index contributed by atoms with van der Waals surface area (Å²) in [6.45, 7) is 14.1. The van der Waals surface area contributed by atoms with Gasteiger partial charge in [0.15, 0.2) is 17.3 Å². The highest BCUT2D eigenvalue weighted by Gasteiger charge is 2.37. The second-order valence-corrected chi connectivity index (χ2v) is 16.2. The number of unbranched alkanes of at least 4 members (excludes halogenated alkanes) is 6. The van der Waals surface area contributed by atoms with E-state index in [1.165, 1.54) is 116 Å². The van der Waals surface area contributed by atoms with Crippen molar-refractivity contribution in [2.24, 2.45) is 0 Å². The predicted octanol–water partition coefficient (Wildman–Crippen LogP) is 7.92. The van der Waals surface area contributed by atoms with Gasteiger partial charge in [-0.25, -0.2) is 8.42 Å². The Hall–Kier alpha value is -1.13. The molecular formula is C37H58F3IO3S. The first-order valence-corrected chi connectivity index (χ1v) is 20.9.